The number of benzene rings is 4. The Balaban J connectivity index is 1.31. The molecule has 7 rings (SSSR count). The van der Waals surface area contributed by atoms with E-state index < -0.39 is 10.5 Å². The maximum atomic E-state index is 13.7. The molecule has 0 unspecified atom stereocenters. The van der Waals surface area contributed by atoms with E-state index in [1.807, 2.05) is 24.3 Å². The van der Waals surface area contributed by atoms with Gasteiger partial charge in [0.1, 0.15) is 17.9 Å². The molecule has 4 aromatic carbocycles. The van der Waals surface area contributed by atoms with Crippen molar-refractivity contribution >= 4 is 49.7 Å². The van der Waals surface area contributed by atoms with Crippen molar-refractivity contribution in [3.63, 3.8) is 0 Å². The highest BCUT2D eigenvalue weighted by atomic mass is 79.9. The van der Waals surface area contributed by atoms with Crippen LogP contribution in [0.3, 0.4) is 0 Å². The monoisotopic (exact) mass is 638 g/mol. The average Bonchev–Trinajstić information content (AvgIpc) is 3.66. The molecular weight excluding hydrogens is 620 g/mol. The summed E-state index contributed by atoms with van der Waals surface area (Å²) < 4.78 is 24.9. The molecule has 1 aliphatic heterocycles. The van der Waals surface area contributed by atoms with E-state index in [-0.39, 0.29) is 30.5 Å². The molecule has 12 heteroatoms. The van der Waals surface area contributed by atoms with Crippen LogP contribution in [-0.4, -0.2) is 27.6 Å². The van der Waals surface area contributed by atoms with Gasteiger partial charge in [-0.05, 0) is 60.2 Å². The second-order valence-electron chi connectivity index (χ2n) is 9.56. The van der Waals surface area contributed by atoms with E-state index in [9.17, 15) is 14.9 Å². The van der Waals surface area contributed by atoms with Crippen LogP contribution in [0.15, 0.2) is 104 Å². The number of furan rings is 1. The van der Waals surface area contributed by atoms with Crippen LogP contribution >= 0.6 is 15.9 Å². The fraction of sp³-hybridized carbons (Fsp3) is 0.0645. The molecule has 0 N–H and O–H groups in total. The molecule has 43 heavy (non-hydrogen) atoms. The molecule has 11 nitrogen and oxygen atoms in total. The fourth-order valence-corrected chi connectivity index (χ4v) is 5.09. The lowest BCUT2D eigenvalue weighted by Crippen LogP contribution is -2.20. The minimum absolute atomic E-state index is 0.145. The van der Waals surface area contributed by atoms with Crippen LogP contribution in [0.5, 0.6) is 17.2 Å². The second-order valence-corrected chi connectivity index (χ2v) is 10.5. The number of nitro groups is 1. The van der Waals surface area contributed by atoms with E-state index in [1.54, 1.807) is 42.5 Å². The van der Waals surface area contributed by atoms with Gasteiger partial charge < -0.3 is 18.6 Å². The largest absolute Gasteiger partial charge is 0.488 e. The van der Waals surface area contributed by atoms with Gasteiger partial charge in [0.05, 0.1) is 22.0 Å². The predicted molar refractivity (Wildman–Crippen MR) is 162 cm³/mol. The SMILES string of the molecule is O=c1c2ccccc2nc(-c2cc3cc(Br)ccc3o2)n1N=Cc1cc([N+](=O)[O-])ccc1OCc1ccc2c(c1)OCO2. The molecule has 6 aromatic rings. The lowest BCUT2D eigenvalue weighted by Gasteiger charge is -2.10. The second kappa shape index (κ2) is 10.7. The van der Waals surface area contributed by atoms with Gasteiger partial charge in [0.25, 0.3) is 11.2 Å². The Hall–Kier alpha value is -5.49. The molecule has 0 spiro atoms. The summed E-state index contributed by atoms with van der Waals surface area (Å²) >= 11 is 3.46. The Morgan fingerprint density at radius 3 is 2.77 bits per heavy atom. The van der Waals surface area contributed by atoms with Crippen molar-refractivity contribution in [1.82, 2.24) is 9.66 Å². The van der Waals surface area contributed by atoms with Crippen LogP contribution in [0.25, 0.3) is 33.5 Å². The Morgan fingerprint density at radius 2 is 1.88 bits per heavy atom. The summed E-state index contributed by atoms with van der Waals surface area (Å²) in [5.41, 5.74) is 1.57. The molecule has 0 fully saturated rings. The molecular formula is C31H19BrN4O7. The van der Waals surface area contributed by atoms with Gasteiger partial charge in [0.2, 0.25) is 12.6 Å². The topological polar surface area (TPSA) is 131 Å². The first-order valence-electron chi connectivity index (χ1n) is 13.0. The highest BCUT2D eigenvalue weighted by Crippen LogP contribution is 2.33. The number of non-ortho nitro benzene ring substituents is 1. The third-order valence-corrected chi connectivity index (χ3v) is 7.29. The molecule has 0 amide bonds. The smallest absolute Gasteiger partial charge is 0.282 e. The van der Waals surface area contributed by atoms with Gasteiger partial charge in [0.15, 0.2) is 17.3 Å². The summed E-state index contributed by atoms with van der Waals surface area (Å²) in [6.07, 6.45) is 1.34. The summed E-state index contributed by atoms with van der Waals surface area (Å²) in [7, 11) is 0. The number of para-hydroxylation sites is 1. The van der Waals surface area contributed by atoms with Crippen LogP contribution in [0.2, 0.25) is 0 Å². The number of rotatable bonds is 7. The van der Waals surface area contributed by atoms with Crippen molar-refractivity contribution in [2.24, 2.45) is 5.10 Å². The van der Waals surface area contributed by atoms with Crippen molar-refractivity contribution < 1.29 is 23.6 Å². The number of hydrogen-bond donors (Lipinski definition) is 0. The quantitative estimate of drug-likeness (QED) is 0.108. The third-order valence-electron chi connectivity index (χ3n) is 6.80. The molecule has 0 saturated carbocycles. The van der Waals surface area contributed by atoms with Crippen LogP contribution in [0, 0.1) is 10.1 Å². The molecule has 0 bridgehead atoms. The van der Waals surface area contributed by atoms with Crippen LogP contribution in [0.1, 0.15) is 11.1 Å². The zero-order valence-corrected chi connectivity index (χ0v) is 23.7. The van der Waals surface area contributed by atoms with Crippen molar-refractivity contribution in [1.29, 1.82) is 0 Å². The van der Waals surface area contributed by atoms with E-state index in [0.29, 0.717) is 39.5 Å². The van der Waals surface area contributed by atoms with Crippen molar-refractivity contribution in [3.05, 3.63) is 121 Å². The molecule has 212 valence electrons. The van der Waals surface area contributed by atoms with E-state index in [2.05, 4.69) is 21.0 Å². The van der Waals surface area contributed by atoms with Gasteiger partial charge in [-0.3, -0.25) is 14.9 Å². The zero-order chi connectivity index (χ0) is 29.5. The van der Waals surface area contributed by atoms with Crippen molar-refractivity contribution in [3.8, 4) is 28.8 Å². The number of halogens is 1. The van der Waals surface area contributed by atoms with Gasteiger partial charge in [0, 0.05) is 27.6 Å². The molecule has 3 heterocycles. The first-order chi connectivity index (χ1) is 20.9. The van der Waals surface area contributed by atoms with Gasteiger partial charge >= 0.3 is 0 Å². The maximum absolute atomic E-state index is 13.7. The molecule has 1 aliphatic rings. The van der Waals surface area contributed by atoms with Gasteiger partial charge in [-0.2, -0.15) is 9.78 Å². The van der Waals surface area contributed by atoms with Crippen LogP contribution < -0.4 is 19.8 Å². The van der Waals surface area contributed by atoms with E-state index in [0.717, 1.165) is 20.1 Å². The molecule has 2 aromatic heterocycles. The summed E-state index contributed by atoms with van der Waals surface area (Å²) in [5, 5.41) is 17.2. The number of fused-ring (bicyclic) bond motifs is 3. The predicted octanol–water partition coefficient (Wildman–Crippen LogP) is 6.67. The average molecular weight is 639 g/mol. The number of hydrogen-bond acceptors (Lipinski definition) is 9. The van der Waals surface area contributed by atoms with Crippen LogP contribution in [-0.2, 0) is 6.61 Å². The Labute approximate surface area is 250 Å². The van der Waals surface area contributed by atoms with Gasteiger partial charge in [-0.1, -0.05) is 34.1 Å². The standard InChI is InChI=1S/C31H19BrN4O7/c32-21-6-9-26-19(12-21)14-29(43-26)30-34-24-4-2-1-3-23(24)31(37)35(30)33-15-20-13-22(36(38)39)7-10-25(20)40-16-18-5-8-27-28(11-18)42-17-41-27/h1-15H,16-17H2. The summed E-state index contributed by atoms with van der Waals surface area (Å²) in [4.78, 5) is 29.4. The Kier molecular flexibility index (Phi) is 6.59. The summed E-state index contributed by atoms with van der Waals surface area (Å²) in [5.74, 6) is 2.07. The minimum atomic E-state index is -0.513. The Bertz CT molecular complexity index is 2150. The van der Waals surface area contributed by atoms with Gasteiger partial charge in [-0.15, -0.1) is 0 Å². The molecule has 0 aliphatic carbocycles. The summed E-state index contributed by atoms with van der Waals surface area (Å²) in [6.45, 7) is 0.297. The lowest BCUT2D eigenvalue weighted by molar-refractivity contribution is -0.384. The number of aromatic nitrogens is 2. The molecule has 0 saturated heterocycles. The van der Waals surface area contributed by atoms with E-state index in [4.69, 9.17) is 23.6 Å². The zero-order valence-electron chi connectivity index (χ0n) is 22.1. The van der Waals surface area contributed by atoms with Gasteiger partial charge in [-0.25, -0.2) is 4.98 Å². The highest BCUT2D eigenvalue weighted by molar-refractivity contribution is 9.10. The summed E-state index contributed by atoms with van der Waals surface area (Å²) in [6, 6.07) is 23.8. The minimum Gasteiger partial charge on any atom is -0.488 e. The van der Waals surface area contributed by atoms with E-state index in [1.165, 1.54) is 24.4 Å². The van der Waals surface area contributed by atoms with E-state index >= 15 is 0 Å². The normalized spacial score (nSPS) is 12.4. The Morgan fingerprint density at radius 1 is 1.02 bits per heavy atom. The lowest BCUT2D eigenvalue weighted by atomic mass is 10.2. The fourth-order valence-electron chi connectivity index (χ4n) is 4.71. The number of nitrogens with zero attached hydrogens (tertiary/aromatic N) is 4. The number of nitro benzene ring substituents is 1. The van der Waals surface area contributed by atoms with Crippen molar-refractivity contribution in [2.75, 3.05) is 6.79 Å². The van der Waals surface area contributed by atoms with Crippen LogP contribution in [0.4, 0.5) is 5.69 Å². The first-order valence-corrected chi connectivity index (χ1v) is 13.8. The maximum Gasteiger partial charge on any atom is 0.282 e. The highest BCUT2D eigenvalue weighted by Gasteiger charge is 2.18. The third kappa shape index (κ3) is 5.08. The van der Waals surface area contributed by atoms with Crippen molar-refractivity contribution in [2.45, 2.75) is 6.61 Å². The first kappa shape index (κ1) is 26.4. The molecule has 0 radical (unpaired) electrons. The molecule has 0 atom stereocenters. The number of ether oxygens (including phenoxy) is 3.